The first-order valence-electron chi connectivity index (χ1n) is 9.23. The van der Waals surface area contributed by atoms with Gasteiger partial charge >= 0.3 is 5.97 Å². The first kappa shape index (κ1) is 21.9. The van der Waals surface area contributed by atoms with Crippen molar-refractivity contribution in [1.29, 1.82) is 0 Å². The van der Waals surface area contributed by atoms with Crippen LogP contribution in [0.5, 0.6) is 0 Å². The highest BCUT2D eigenvalue weighted by molar-refractivity contribution is 6.06. The van der Waals surface area contributed by atoms with Crippen molar-refractivity contribution in [1.82, 2.24) is 9.88 Å². The molecule has 0 saturated carbocycles. The molecule has 26 heavy (non-hydrogen) atoms. The Bertz CT molecular complexity index is 674. The molecule has 1 heterocycles. The summed E-state index contributed by atoms with van der Waals surface area (Å²) in [5, 5.41) is 0. The van der Waals surface area contributed by atoms with Crippen LogP contribution in [0.4, 0.5) is 0 Å². The zero-order chi connectivity index (χ0) is 20.2. The Balaban J connectivity index is 3.24. The molecule has 1 N–H and O–H groups in total. The Morgan fingerprint density at radius 1 is 1.08 bits per heavy atom. The Kier molecular flexibility index (Phi) is 7.60. The van der Waals surface area contributed by atoms with Crippen LogP contribution in [0, 0.1) is 25.7 Å². The van der Waals surface area contributed by atoms with Gasteiger partial charge in [0.05, 0.1) is 12.6 Å². The van der Waals surface area contributed by atoms with Gasteiger partial charge in [0.25, 0.3) is 0 Å². The van der Waals surface area contributed by atoms with Gasteiger partial charge in [-0.2, -0.15) is 0 Å². The molecule has 0 spiro atoms. The number of nitrogens with one attached hydrogen (secondary N) is 1. The van der Waals surface area contributed by atoms with Crippen LogP contribution in [0.1, 0.15) is 73.6 Å². The maximum atomic E-state index is 13.2. The Hall–Kier alpha value is -2.11. The minimum Gasteiger partial charge on any atom is -0.461 e. The largest absolute Gasteiger partial charge is 0.461 e. The van der Waals surface area contributed by atoms with Gasteiger partial charge in [0.15, 0.2) is 5.78 Å². The summed E-state index contributed by atoms with van der Waals surface area (Å²) in [5.74, 6) is -0.626. The molecule has 0 fully saturated rings. The van der Waals surface area contributed by atoms with E-state index in [4.69, 9.17) is 4.74 Å². The minimum absolute atomic E-state index is 0.0454. The minimum atomic E-state index is -0.601. The predicted octanol–water partition coefficient (Wildman–Crippen LogP) is 3.52. The van der Waals surface area contributed by atoms with E-state index in [2.05, 4.69) is 4.98 Å². The third-order valence-electron chi connectivity index (χ3n) is 4.35. The average Bonchev–Trinajstić information content (AvgIpc) is 2.85. The molecule has 0 aliphatic heterocycles. The highest BCUT2D eigenvalue weighted by Crippen LogP contribution is 2.23. The number of aromatic nitrogens is 1. The number of aryl methyl sites for hydroxylation is 1. The smallest absolute Gasteiger partial charge is 0.355 e. The molecule has 1 aromatic rings. The molecule has 1 unspecified atom stereocenters. The molecule has 6 nitrogen and oxygen atoms in total. The third kappa shape index (κ3) is 4.74. The number of nitrogens with zero attached hydrogens (tertiary/aromatic N) is 1. The number of H-pyrrole nitrogens is 1. The molecule has 0 radical (unpaired) electrons. The normalized spacial score (nSPS) is 12.4. The number of aromatic amines is 1. The molecule has 0 bridgehead atoms. The predicted molar refractivity (Wildman–Crippen MR) is 101 cm³/mol. The average molecular weight is 364 g/mol. The van der Waals surface area contributed by atoms with Crippen molar-refractivity contribution >= 4 is 17.7 Å². The maximum Gasteiger partial charge on any atom is 0.355 e. The number of rotatable bonds is 8. The molecule has 1 aromatic heterocycles. The Labute approximate surface area is 156 Å². The second-order valence-electron chi connectivity index (χ2n) is 7.42. The van der Waals surface area contributed by atoms with Crippen LogP contribution in [0.15, 0.2) is 0 Å². The van der Waals surface area contributed by atoms with Gasteiger partial charge in [0.1, 0.15) is 5.69 Å². The number of carbonyl (C=O) groups excluding carboxylic acids is 3. The van der Waals surface area contributed by atoms with Crippen molar-refractivity contribution in [3.8, 4) is 0 Å². The number of amides is 1. The molecule has 1 atom stereocenters. The summed E-state index contributed by atoms with van der Waals surface area (Å²) in [6.45, 7) is 15.4. The molecule has 6 heteroatoms. The van der Waals surface area contributed by atoms with Gasteiger partial charge in [-0.15, -0.1) is 0 Å². The van der Waals surface area contributed by atoms with E-state index in [1.54, 1.807) is 32.6 Å². The van der Waals surface area contributed by atoms with Crippen LogP contribution < -0.4 is 0 Å². The molecule has 0 aliphatic rings. The first-order chi connectivity index (χ1) is 12.0. The van der Waals surface area contributed by atoms with Gasteiger partial charge in [-0.3, -0.25) is 9.59 Å². The lowest BCUT2D eigenvalue weighted by Gasteiger charge is -2.31. The fraction of sp³-hybridized carbons (Fsp3) is 0.650. The van der Waals surface area contributed by atoms with E-state index in [0.29, 0.717) is 29.1 Å². The van der Waals surface area contributed by atoms with Gasteiger partial charge in [0.2, 0.25) is 5.91 Å². The van der Waals surface area contributed by atoms with E-state index in [1.165, 1.54) is 0 Å². The van der Waals surface area contributed by atoms with E-state index in [9.17, 15) is 14.4 Å². The number of hydrogen-bond donors (Lipinski definition) is 1. The summed E-state index contributed by atoms with van der Waals surface area (Å²) in [6, 6.07) is -0.601. The molecule has 0 aliphatic carbocycles. The van der Waals surface area contributed by atoms with Crippen molar-refractivity contribution in [2.45, 2.75) is 61.4 Å². The van der Waals surface area contributed by atoms with Gasteiger partial charge in [-0.05, 0) is 39.2 Å². The lowest BCUT2D eigenvalue weighted by Crippen LogP contribution is -2.47. The molecule has 0 aromatic carbocycles. The second kappa shape index (κ2) is 9.01. The number of Topliss-reactive ketones (excluding diaryl/α,β-unsaturated/α-hetero) is 1. The zero-order valence-corrected chi connectivity index (χ0v) is 17.2. The molecule has 1 rings (SSSR count). The quantitative estimate of drug-likeness (QED) is 0.565. The molecule has 146 valence electrons. The standard InChI is InChI=1S/C20H32N2O4/c1-9-26-20(25)17-13(6)16(14(7)21-17)18(23)15(8)22(10-11(2)3)19(24)12(4)5/h11-12,15,21H,9-10H2,1-8H3. The number of esters is 1. The number of ketones is 1. The van der Waals surface area contributed by atoms with Gasteiger partial charge in [0, 0.05) is 23.7 Å². The van der Waals surface area contributed by atoms with Crippen LogP contribution in [-0.4, -0.2) is 46.7 Å². The first-order valence-corrected chi connectivity index (χ1v) is 9.23. The number of ether oxygens (including phenoxy) is 1. The Morgan fingerprint density at radius 2 is 1.65 bits per heavy atom. The van der Waals surface area contributed by atoms with Crippen LogP contribution in [0.3, 0.4) is 0 Å². The van der Waals surface area contributed by atoms with E-state index >= 15 is 0 Å². The third-order valence-corrected chi connectivity index (χ3v) is 4.35. The maximum absolute atomic E-state index is 13.2. The van der Waals surface area contributed by atoms with Crippen LogP contribution in [0.2, 0.25) is 0 Å². The summed E-state index contributed by atoms with van der Waals surface area (Å²) in [5.41, 5.74) is 1.94. The fourth-order valence-electron chi connectivity index (χ4n) is 3.04. The molecule has 1 amide bonds. The van der Waals surface area contributed by atoms with Gasteiger partial charge in [-0.25, -0.2) is 4.79 Å². The van der Waals surface area contributed by atoms with Crippen LogP contribution in [-0.2, 0) is 9.53 Å². The van der Waals surface area contributed by atoms with Crippen molar-refractivity contribution in [2.24, 2.45) is 11.8 Å². The van der Waals surface area contributed by atoms with Crippen LogP contribution >= 0.6 is 0 Å². The summed E-state index contributed by atoms with van der Waals surface area (Å²) in [4.78, 5) is 42.5. The summed E-state index contributed by atoms with van der Waals surface area (Å²) in [6.07, 6.45) is 0. The van der Waals surface area contributed by atoms with Crippen molar-refractivity contribution in [3.63, 3.8) is 0 Å². The number of carbonyl (C=O) groups is 3. The highest BCUT2D eigenvalue weighted by atomic mass is 16.5. The van der Waals surface area contributed by atoms with Crippen molar-refractivity contribution < 1.29 is 19.1 Å². The summed E-state index contributed by atoms with van der Waals surface area (Å²) in [7, 11) is 0. The summed E-state index contributed by atoms with van der Waals surface area (Å²) >= 11 is 0. The second-order valence-corrected chi connectivity index (χ2v) is 7.42. The monoisotopic (exact) mass is 364 g/mol. The number of hydrogen-bond acceptors (Lipinski definition) is 4. The summed E-state index contributed by atoms with van der Waals surface area (Å²) < 4.78 is 5.04. The van der Waals surface area contributed by atoms with E-state index in [0.717, 1.165) is 0 Å². The molecule has 0 saturated heterocycles. The van der Waals surface area contributed by atoms with Crippen LogP contribution in [0.25, 0.3) is 0 Å². The lowest BCUT2D eigenvalue weighted by atomic mass is 9.98. The van der Waals surface area contributed by atoms with Gasteiger partial charge < -0.3 is 14.6 Å². The van der Waals surface area contributed by atoms with Crippen molar-refractivity contribution in [3.05, 3.63) is 22.5 Å². The SMILES string of the molecule is CCOC(=O)c1[nH]c(C)c(C(=O)C(C)N(CC(C)C)C(=O)C(C)C)c1C. The van der Waals surface area contributed by atoms with E-state index in [-0.39, 0.29) is 30.1 Å². The topological polar surface area (TPSA) is 79.5 Å². The fourth-order valence-corrected chi connectivity index (χ4v) is 3.04. The van der Waals surface area contributed by atoms with E-state index in [1.807, 2.05) is 27.7 Å². The zero-order valence-electron chi connectivity index (χ0n) is 17.2. The van der Waals surface area contributed by atoms with Gasteiger partial charge in [-0.1, -0.05) is 27.7 Å². The Morgan fingerprint density at radius 3 is 2.12 bits per heavy atom. The molecular formula is C20H32N2O4. The van der Waals surface area contributed by atoms with E-state index < -0.39 is 12.0 Å². The molecular weight excluding hydrogens is 332 g/mol. The highest BCUT2D eigenvalue weighted by Gasteiger charge is 2.32. The van der Waals surface area contributed by atoms with Crippen molar-refractivity contribution in [2.75, 3.05) is 13.2 Å². The lowest BCUT2D eigenvalue weighted by molar-refractivity contribution is -0.136.